The molecule has 0 aliphatic carbocycles. The van der Waals surface area contributed by atoms with E-state index in [4.69, 9.17) is 0 Å². The molecule has 1 amide bonds. The van der Waals surface area contributed by atoms with Crippen LogP contribution in [0.15, 0.2) is 73.1 Å². The normalized spacial score (nSPS) is 14.1. The zero-order valence-corrected chi connectivity index (χ0v) is 21.5. The number of rotatable bonds is 6. The Morgan fingerprint density at radius 3 is 2.34 bits per heavy atom. The van der Waals surface area contributed by atoms with Crippen LogP contribution < -0.4 is 0 Å². The molecule has 0 atom stereocenters. The quantitative estimate of drug-likeness (QED) is 0.292. The molecule has 4 aromatic rings. The third-order valence-electron chi connectivity index (χ3n) is 7.38. The molecule has 1 aliphatic heterocycles. The first-order valence-electron chi connectivity index (χ1n) is 12.7. The van der Waals surface area contributed by atoms with Gasteiger partial charge in [0.1, 0.15) is 11.6 Å². The van der Waals surface area contributed by atoms with Crippen LogP contribution in [0, 0.1) is 18.6 Å². The van der Waals surface area contributed by atoms with Crippen molar-refractivity contribution in [3.8, 4) is 11.1 Å². The Morgan fingerprint density at radius 1 is 0.947 bits per heavy atom. The Balaban J connectivity index is 1.22. The fourth-order valence-electron chi connectivity index (χ4n) is 5.10. The van der Waals surface area contributed by atoms with Crippen LogP contribution in [0.3, 0.4) is 0 Å². The fraction of sp³-hybridized carbons (Fsp3) is 0.258. The Kier molecular flexibility index (Phi) is 7.18. The molecule has 0 saturated carbocycles. The van der Waals surface area contributed by atoms with Gasteiger partial charge >= 0.3 is 0 Å². The average Bonchev–Trinajstić information content (AvgIpc) is 3.36. The Morgan fingerprint density at radius 2 is 1.68 bits per heavy atom. The minimum atomic E-state index is -0.880. The first-order chi connectivity index (χ1) is 18.3. The number of nitrogens with zero attached hydrogens (tertiary/aromatic N) is 3. The fourth-order valence-corrected chi connectivity index (χ4v) is 5.10. The van der Waals surface area contributed by atoms with Crippen molar-refractivity contribution in [2.45, 2.75) is 32.1 Å². The highest BCUT2D eigenvalue weighted by atomic mass is 19.1. The van der Waals surface area contributed by atoms with Crippen molar-refractivity contribution < 1.29 is 18.4 Å². The predicted octanol–water partition coefficient (Wildman–Crippen LogP) is 6.12. The zero-order valence-electron chi connectivity index (χ0n) is 21.5. The maximum Gasteiger partial charge on any atom is 0.253 e. The van der Waals surface area contributed by atoms with Crippen LogP contribution in [-0.4, -0.2) is 39.5 Å². The van der Waals surface area contributed by atoms with Crippen LogP contribution in [0.1, 0.15) is 56.2 Å². The van der Waals surface area contributed by atoms with Gasteiger partial charge in [-0.25, -0.2) is 8.78 Å². The van der Waals surface area contributed by atoms with Gasteiger partial charge in [-0.3, -0.25) is 14.3 Å². The van der Waals surface area contributed by atoms with Crippen molar-refractivity contribution >= 4 is 11.7 Å². The molecule has 1 aromatic heterocycles. The summed E-state index contributed by atoms with van der Waals surface area (Å²) in [7, 11) is 1.90. The third-order valence-corrected chi connectivity index (χ3v) is 7.38. The van der Waals surface area contributed by atoms with Crippen molar-refractivity contribution in [2.24, 2.45) is 7.05 Å². The Hall–Kier alpha value is -4.13. The summed E-state index contributed by atoms with van der Waals surface area (Å²) in [4.78, 5) is 27.8. The van der Waals surface area contributed by atoms with Gasteiger partial charge in [0.25, 0.3) is 5.91 Å². The van der Waals surface area contributed by atoms with Gasteiger partial charge in [-0.1, -0.05) is 30.3 Å². The summed E-state index contributed by atoms with van der Waals surface area (Å²) < 4.78 is 29.1. The number of hydrogen-bond acceptors (Lipinski definition) is 3. The monoisotopic (exact) mass is 513 g/mol. The topological polar surface area (TPSA) is 55.2 Å². The molecular formula is C31H29F2N3O2. The number of carbonyl (C=O) groups is 2. The van der Waals surface area contributed by atoms with Gasteiger partial charge in [0.15, 0.2) is 5.78 Å². The molecule has 0 radical (unpaired) electrons. The Bertz CT molecular complexity index is 1490. The summed E-state index contributed by atoms with van der Waals surface area (Å²) in [6.45, 7) is 3.15. The van der Waals surface area contributed by atoms with Crippen molar-refractivity contribution in [2.75, 3.05) is 13.1 Å². The maximum atomic E-state index is 14.1. The number of halogens is 2. The van der Waals surface area contributed by atoms with Crippen LogP contribution in [0.2, 0.25) is 0 Å². The predicted molar refractivity (Wildman–Crippen MR) is 142 cm³/mol. The van der Waals surface area contributed by atoms with E-state index in [9.17, 15) is 18.4 Å². The number of ketones is 1. The molecule has 38 heavy (non-hydrogen) atoms. The van der Waals surface area contributed by atoms with E-state index in [-0.39, 0.29) is 17.9 Å². The lowest BCUT2D eigenvalue weighted by Gasteiger charge is -2.32. The number of carbonyl (C=O) groups excluding carboxylic acids is 2. The van der Waals surface area contributed by atoms with E-state index in [0.29, 0.717) is 36.2 Å². The van der Waals surface area contributed by atoms with E-state index >= 15 is 0 Å². The van der Waals surface area contributed by atoms with Crippen molar-refractivity contribution in [3.05, 3.63) is 113 Å². The zero-order chi connectivity index (χ0) is 26.8. The third kappa shape index (κ3) is 5.42. The van der Waals surface area contributed by atoms with Crippen molar-refractivity contribution in [3.63, 3.8) is 0 Å². The van der Waals surface area contributed by atoms with E-state index in [1.54, 1.807) is 16.8 Å². The summed E-state index contributed by atoms with van der Waals surface area (Å²) in [6.07, 6.45) is 5.53. The second kappa shape index (κ2) is 10.7. The maximum absolute atomic E-state index is 14.1. The number of aryl methyl sites for hydroxylation is 2. The van der Waals surface area contributed by atoms with Gasteiger partial charge in [0.05, 0.1) is 11.8 Å². The largest absolute Gasteiger partial charge is 0.339 e. The van der Waals surface area contributed by atoms with Crippen LogP contribution in [0.4, 0.5) is 8.78 Å². The van der Waals surface area contributed by atoms with Crippen molar-refractivity contribution in [1.29, 1.82) is 0 Å². The molecule has 194 valence electrons. The summed E-state index contributed by atoms with van der Waals surface area (Å²) in [5.74, 6) is -1.75. The van der Waals surface area contributed by atoms with E-state index in [1.807, 2.05) is 37.3 Å². The van der Waals surface area contributed by atoms with Crippen LogP contribution >= 0.6 is 0 Å². The van der Waals surface area contributed by atoms with Gasteiger partial charge in [-0.2, -0.15) is 5.10 Å². The molecule has 0 bridgehead atoms. The molecule has 3 aromatic carbocycles. The standard InChI is InChI=1S/C31H29F2N3O2/c1-20-3-4-24(15-25(20)16-30(37)28-10-9-27(32)17-29(28)33)31(38)36-13-11-23(12-14-36)21-5-7-22(8-6-21)26-18-34-35(2)19-26/h3-10,15,17-19,23H,11-14,16H2,1-2H3. The van der Waals surface area contributed by atoms with Gasteiger partial charge in [-0.05, 0) is 72.2 Å². The minimum Gasteiger partial charge on any atom is -0.339 e. The molecule has 1 aliphatic rings. The van der Waals surface area contributed by atoms with E-state index in [0.717, 1.165) is 41.7 Å². The number of amides is 1. The second-order valence-electron chi connectivity index (χ2n) is 9.96. The van der Waals surface area contributed by atoms with Crippen molar-refractivity contribution in [1.82, 2.24) is 14.7 Å². The van der Waals surface area contributed by atoms with Gasteiger partial charge in [0.2, 0.25) is 0 Å². The van der Waals surface area contributed by atoms with E-state index in [1.165, 1.54) is 5.56 Å². The number of Topliss-reactive ketones (excluding diaryl/α,β-unsaturated/α-hetero) is 1. The molecule has 0 unspecified atom stereocenters. The molecule has 0 N–H and O–H groups in total. The number of benzene rings is 3. The SMILES string of the molecule is Cc1ccc(C(=O)N2CCC(c3ccc(-c4cnn(C)c4)cc3)CC2)cc1CC(=O)c1ccc(F)cc1F. The first-order valence-corrected chi connectivity index (χ1v) is 12.7. The number of likely N-dealkylation sites (tertiary alicyclic amines) is 1. The Labute approximate surface area is 220 Å². The summed E-state index contributed by atoms with van der Waals surface area (Å²) in [5.41, 5.74) is 5.34. The second-order valence-corrected chi connectivity index (χ2v) is 9.96. The smallest absolute Gasteiger partial charge is 0.253 e. The minimum absolute atomic E-state index is 0.0629. The lowest BCUT2D eigenvalue weighted by Crippen LogP contribution is -2.38. The lowest BCUT2D eigenvalue weighted by atomic mass is 9.88. The first kappa shape index (κ1) is 25.5. The van der Waals surface area contributed by atoms with Crippen LogP contribution in [-0.2, 0) is 13.5 Å². The average molecular weight is 514 g/mol. The number of piperidine rings is 1. The van der Waals surface area contributed by atoms with E-state index < -0.39 is 17.4 Å². The molecule has 5 nitrogen and oxygen atoms in total. The highest BCUT2D eigenvalue weighted by Crippen LogP contribution is 2.30. The number of hydrogen-bond donors (Lipinski definition) is 0. The molecule has 1 saturated heterocycles. The summed E-state index contributed by atoms with van der Waals surface area (Å²) >= 11 is 0. The van der Waals surface area contributed by atoms with Crippen LogP contribution in [0.5, 0.6) is 0 Å². The highest BCUT2D eigenvalue weighted by molar-refractivity contribution is 5.99. The molecule has 7 heteroatoms. The highest BCUT2D eigenvalue weighted by Gasteiger charge is 2.25. The lowest BCUT2D eigenvalue weighted by molar-refractivity contribution is 0.0712. The van der Waals surface area contributed by atoms with Gasteiger partial charge < -0.3 is 4.90 Å². The molecule has 0 spiro atoms. The molecule has 5 rings (SSSR count). The van der Waals surface area contributed by atoms with Gasteiger partial charge in [0, 0.05) is 49.9 Å². The molecule has 1 fully saturated rings. The molecule has 2 heterocycles. The molecular weight excluding hydrogens is 484 g/mol. The van der Waals surface area contributed by atoms with Crippen LogP contribution in [0.25, 0.3) is 11.1 Å². The summed E-state index contributed by atoms with van der Waals surface area (Å²) in [6, 6.07) is 16.8. The number of aromatic nitrogens is 2. The van der Waals surface area contributed by atoms with Gasteiger partial charge in [-0.15, -0.1) is 0 Å². The van der Waals surface area contributed by atoms with E-state index in [2.05, 4.69) is 29.4 Å². The summed E-state index contributed by atoms with van der Waals surface area (Å²) in [5, 5.41) is 4.23.